The van der Waals surface area contributed by atoms with Gasteiger partial charge in [-0.3, -0.25) is 4.79 Å². The van der Waals surface area contributed by atoms with Gasteiger partial charge in [-0.2, -0.15) is 0 Å². The van der Waals surface area contributed by atoms with E-state index in [2.05, 4.69) is 5.32 Å². The fourth-order valence-corrected chi connectivity index (χ4v) is 2.41. The Hall–Kier alpha value is -1.26. The van der Waals surface area contributed by atoms with E-state index in [-0.39, 0.29) is 12.5 Å². The summed E-state index contributed by atoms with van der Waals surface area (Å²) in [7, 11) is 0. The summed E-state index contributed by atoms with van der Waals surface area (Å²) in [6.45, 7) is 4.43. The molecule has 0 aromatic carbocycles. The summed E-state index contributed by atoms with van der Waals surface area (Å²) in [5.41, 5.74) is -0.812. The average molecular weight is 271 g/mol. The van der Waals surface area contributed by atoms with Gasteiger partial charge in [0.05, 0.1) is 12.0 Å². The average Bonchev–Trinajstić information content (AvgIpc) is 2.60. The summed E-state index contributed by atoms with van der Waals surface area (Å²) in [5.74, 6) is -0.532. The van der Waals surface area contributed by atoms with Gasteiger partial charge < -0.3 is 15.2 Å². The Bertz CT molecular complexity index is 307. The lowest BCUT2D eigenvalue weighted by molar-refractivity contribution is -0.149. The second-order valence-corrected chi connectivity index (χ2v) is 5.85. The number of hydrogen-bond donors (Lipinski definition) is 2. The SMILES string of the molecule is CC(C)COC(=O)NCC1(C(=O)O)CCCCCC1. The Labute approximate surface area is 114 Å². The molecule has 1 saturated carbocycles. The van der Waals surface area contributed by atoms with Crippen molar-refractivity contribution >= 4 is 12.1 Å². The monoisotopic (exact) mass is 271 g/mol. The first-order chi connectivity index (χ1) is 8.96. The highest BCUT2D eigenvalue weighted by Gasteiger charge is 2.39. The molecule has 0 unspecified atom stereocenters. The van der Waals surface area contributed by atoms with Crippen molar-refractivity contribution in [1.29, 1.82) is 0 Å². The fraction of sp³-hybridized carbons (Fsp3) is 0.857. The zero-order chi connectivity index (χ0) is 14.3. The predicted molar refractivity (Wildman–Crippen MR) is 72.0 cm³/mol. The number of hydrogen-bond acceptors (Lipinski definition) is 3. The van der Waals surface area contributed by atoms with Crippen LogP contribution in [0, 0.1) is 11.3 Å². The molecule has 1 rings (SSSR count). The molecule has 0 radical (unpaired) electrons. The van der Waals surface area contributed by atoms with E-state index in [9.17, 15) is 14.7 Å². The maximum absolute atomic E-state index is 11.5. The summed E-state index contributed by atoms with van der Waals surface area (Å²) in [4.78, 5) is 23.0. The van der Waals surface area contributed by atoms with E-state index in [0.717, 1.165) is 25.7 Å². The molecule has 0 aromatic rings. The molecule has 19 heavy (non-hydrogen) atoms. The van der Waals surface area contributed by atoms with Crippen molar-refractivity contribution in [2.24, 2.45) is 11.3 Å². The van der Waals surface area contributed by atoms with Crippen LogP contribution in [0.4, 0.5) is 4.79 Å². The predicted octanol–water partition coefficient (Wildman–Crippen LogP) is 2.79. The third kappa shape index (κ3) is 5.09. The van der Waals surface area contributed by atoms with Crippen LogP contribution in [0.25, 0.3) is 0 Å². The number of aliphatic carboxylic acids is 1. The zero-order valence-corrected chi connectivity index (χ0v) is 11.9. The summed E-state index contributed by atoms with van der Waals surface area (Å²) < 4.78 is 5.01. The van der Waals surface area contributed by atoms with Crippen LogP contribution in [-0.4, -0.2) is 30.3 Å². The Kier molecular flexibility index (Phi) is 6.12. The topological polar surface area (TPSA) is 75.6 Å². The molecule has 0 aromatic heterocycles. The fourth-order valence-electron chi connectivity index (χ4n) is 2.41. The summed E-state index contributed by atoms with van der Waals surface area (Å²) in [6, 6.07) is 0. The highest BCUT2D eigenvalue weighted by Crippen LogP contribution is 2.34. The number of carbonyl (C=O) groups is 2. The van der Waals surface area contributed by atoms with E-state index in [0.29, 0.717) is 19.4 Å². The standard InChI is InChI=1S/C14H25NO4/c1-11(2)9-19-13(18)15-10-14(12(16)17)7-5-3-4-6-8-14/h11H,3-10H2,1-2H3,(H,15,18)(H,16,17). The molecule has 0 aliphatic heterocycles. The zero-order valence-electron chi connectivity index (χ0n) is 11.9. The second-order valence-electron chi connectivity index (χ2n) is 5.85. The van der Waals surface area contributed by atoms with Gasteiger partial charge >= 0.3 is 12.1 Å². The number of amides is 1. The Morgan fingerprint density at radius 2 is 1.79 bits per heavy atom. The van der Waals surface area contributed by atoms with Crippen LogP contribution in [0.5, 0.6) is 0 Å². The van der Waals surface area contributed by atoms with Crippen molar-refractivity contribution < 1.29 is 19.4 Å². The molecule has 1 amide bonds. The minimum atomic E-state index is -0.812. The van der Waals surface area contributed by atoms with Crippen LogP contribution in [-0.2, 0) is 9.53 Å². The third-order valence-electron chi connectivity index (χ3n) is 3.63. The van der Waals surface area contributed by atoms with Gasteiger partial charge in [-0.15, -0.1) is 0 Å². The maximum atomic E-state index is 11.5. The van der Waals surface area contributed by atoms with Crippen molar-refractivity contribution in [2.45, 2.75) is 52.4 Å². The largest absolute Gasteiger partial charge is 0.481 e. The molecule has 0 spiro atoms. The number of ether oxygens (including phenoxy) is 1. The van der Waals surface area contributed by atoms with E-state index < -0.39 is 17.5 Å². The number of carboxylic acids is 1. The molecule has 1 aliphatic carbocycles. The number of carbonyl (C=O) groups excluding carboxylic acids is 1. The molecule has 5 heteroatoms. The van der Waals surface area contributed by atoms with Crippen LogP contribution < -0.4 is 5.32 Å². The lowest BCUT2D eigenvalue weighted by Gasteiger charge is -2.28. The Balaban J connectivity index is 2.49. The molecule has 0 heterocycles. The lowest BCUT2D eigenvalue weighted by Crippen LogP contribution is -2.43. The van der Waals surface area contributed by atoms with E-state index in [4.69, 9.17) is 4.74 Å². The van der Waals surface area contributed by atoms with Gasteiger partial charge in [-0.1, -0.05) is 39.5 Å². The first-order valence-electron chi connectivity index (χ1n) is 7.10. The van der Waals surface area contributed by atoms with Crippen LogP contribution in [0.2, 0.25) is 0 Å². The quantitative estimate of drug-likeness (QED) is 0.754. The van der Waals surface area contributed by atoms with Gasteiger partial charge in [-0.05, 0) is 18.8 Å². The highest BCUT2D eigenvalue weighted by atomic mass is 16.5. The first-order valence-corrected chi connectivity index (χ1v) is 7.10. The van der Waals surface area contributed by atoms with Gasteiger partial charge in [-0.25, -0.2) is 4.79 Å². The molecule has 0 bridgehead atoms. The molecule has 110 valence electrons. The first kappa shape index (κ1) is 15.8. The lowest BCUT2D eigenvalue weighted by atomic mass is 9.80. The summed E-state index contributed by atoms with van der Waals surface area (Å²) in [5, 5.41) is 12.1. The summed E-state index contributed by atoms with van der Waals surface area (Å²) in [6.07, 6.45) is 4.72. The summed E-state index contributed by atoms with van der Waals surface area (Å²) >= 11 is 0. The number of nitrogens with one attached hydrogen (secondary N) is 1. The molecule has 1 aliphatic rings. The van der Waals surface area contributed by atoms with Gasteiger partial charge in [0, 0.05) is 6.54 Å². The molecule has 1 fully saturated rings. The molecular formula is C14H25NO4. The van der Waals surface area contributed by atoms with Gasteiger partial charge in [0.2, 0.25) is 0 Å². The van der Waals surface area contributed by atoms with Gasteiger partial charge in [0.15, 0.2) is 0 Å². The van der Waals surface area contributed by atoms with Crippen molar-refractivity contribution in [3.63, 3.8) is 0 Å². The van der Waals surface area contributed by atoms with Crippen molar-refractivity contribution in [3.05, 3.63) is 0 Å². The number of carboxylic acid groups (broad SMARTS) is 1. The van der Waals surface area contributed by atoms with E-state index in [1.54, 1.807) is 0 Å². The molecular weight excluding hydrogens is 246 g/mol. The highest BCUT2D eigenvalue weighted by molar-refractivity contribution is 5.76. The second kappa shape index (κ2) is 7.36. The van der Waals surface area contributed by atoms with Gasteiger partial charge in [0.25, 0.3) is 0 Å². The number of rotatable bonds is 5. The van der Waals surface area contributed by atoms with E-state index in [1.807, 2.05) is 13.8 Å². The van der Waals surface area contributed by atoms with Gasteiger partial charge in [0.1, 0.15) is 0 Å². The van der Waals surface area contributed by atoms with Crippen LogP contribution in [0.1, 0.15) is 52.4 Å². The molecule has 2 N–H and O–H groups in total. The normalized spacial score (nSPS) is 18.7. The van der Waals surface area contributed by atoms with Crippen molar-refractivity contribution in [3.8, 4) is 0 Å². The number of alkyl carbamates (subject to hydrolysis) is 1. The minimum Gasteiger partial charge on any atom is -0.481 e. The van der Waals surface area contributed by atoms with Crippen LogP contribution in [0.15, 0.2) is 0 Å². The van der Waals surface area contributed by atoms with E-state index in [1.165, 1.54) is 0 Å². The molecule has 5 nitrogen and oxygen atoms in total. The molecule has 0 saturated heterocycles. The van der Waals surface area contributed by atoms with Crippen molar-refractivity contribution in [1.82, 2.24) is 5.32 Å². The maximum Gasteiger partial charge on any atom is 0.407 e. The Morgan fingerprint density at radius 1 is 1.21 bits per heavy atom. The smallest absolute Gasteiger partial charge is 0.407 e. The van der Waals surface area contributed by atoms with Crippen LogP contribution in [0.3, 0.4) is 0 Å². The Morgan fingerprint density at radius 3 is 2.26 bits per heavy atom. The molecule has 0 atom stereocenters. The van der Waals surface area contributed by atoms with E-state index >= 15 is 0 Å². The van der Waals surface area contributed by atoms with Crippen molar-refractivity contribution in [2.75, 3.05) is 13.2 Å². The minimum absolute atomic E-state index is 0.166. The third-order valence-corrected chi connectivity index (χ3v) is 3.63. The van der Waals surface area contributed by atoms with Crippen LogP contribution >= 0.6 is 0 Å².